The third-order valence-corrected chi connectivity index (χ3v) is 5.04. The fourth-order valence-corrected chi connectivity index (χ4v) is 3.86. The Balaban J connectivity index is 2.98. The van der Waals surface area contributed by atoms with Crippen molar-refractivity contribution < 1.29 is 17.9 Å². The zero-order valence-corrected chi connectivity index (χ0v) is 12.8. The average molecular weight is 355 g/mol. The minimum absolute atomic E-state index is 0.000736. The van der Waals surface area contributed by atoms with Gasteiger partial charge >= 0.3 is 0 Å². The number of anilines is 1. The van der Waals surface area contributed by atoms with Crippen molar-refractivity contribution in [2.24, 2.45) is 0 Å². The smallest absolute Gasteiger partial charge is 0.242 e. The maximum absolute atomic E-state index is 13.2. The summed E-state index contributed by atoms with van der Waals surface area (Å²) in [6.45, 7) is 1.69. The van der Waals surface area contributed by atoms with Crippen LogP contribution in [-0.2, 0) is 10.0 Å². The summed E-state index contributed by atoms with van der Waals surface area (Å²) in [4.78, 5) is -0.109. The van der Waals surface area contributed by atoms with Crippen molar-refractivity contribution in [3.05, 3.63) is 22.4 Å². The van der Waals surface area contributed by atoms with E-state index in [-0.39, 0.29) is 27.7 Å². The normalized spacial score (nSPS) is 13.5. The number of nitrogen functional groups attached to an aromatic ring is 1. The lowest BCUT2D eigenvalue weighted by molar-refractivity contribution is 0.279. The van der Waals surface area contributed by atoms with Gasteiger partial charge in [0, 0.05) is 17.1 Å². The summed E-state index contributed by atoms with van der Waals surface area (Å²) in [7, 11) is -3.79. The van der Waals surface area contributed by atoms with E-state index in [9.17, 15) is 12.8 Å². The van der Waals surface area contributed by atoms with Crippen LogP contribution >= 0.6 is 15.9 Å². The number of aliphatic hydroxyl groups is 1. The molecule has 0 amide bonds. The number of sulfonamides is 1. The molecule has 0 heterocycles. The third-order valence-electron chi connectivity index (χ3n) is 2.49. The Bertz CT molecular complexity index is 551. The minimum Gasteiger partial charge on any atom is -0.396 e. The molecular weight excluding hydrogens is 339 g/mol. The SMILES string of the molecule is CC(CCCO)NS(=O)(=O)c1cc(N)c(F)cc1Br. The van der Waals surface area contributed by atoms with Crippen LogP contribution in [0.1, 0.15) is 19.8 Å². The Morgan fingerprint density at radius 2 is 2.16 bits per heavy atom. The molecule has 0 aliphatic carbocycles. The maximum atomic E-state index is 13.2. The molecule has 1 atom stereocenters. The molecule has 108 valence electrons. The summed E-state index contributed by atoms with van der Waals surface area (Å²) in [5.74, 6) is -0.681. The summed E-state index contributed by atoms with van der Waals surface area (Å²) in [5.41, 5.74) is 5.15. The van der Waals surface area contributed by atoms with Gasteiger partial charge in [0.05, 0.1) is 10.6 Å². The van der Waals surface area contributed by atoms with Gasteiger partial charge in [-0.15, -0.1) is 0 Å². The topological polar surface area (TPSA) is 92.4 Å². The third kappa shape index (κ3) is 4.41. The van der Waals surface area contributed by atoms with Crippen LogP contribution in [-0.4, -0.2) is 26.2 Å². The quantitative estimate of drug-likeness (QED) is 0.676. The second-order valence-corrected chi connectivity index (χ2v) is 6.73. The molecule has 0 bridgehead atoms. The summed E-state index contributed by atoms with van der Waals surface area (Å²) >= 11 is 3.00. The second kappa shape index (κ2) is 6.65. The first kappa shape index (κ1) is 16.4. The lowest BCUT2D eigenvalue weighted by Gasteiger charge is -2.15. The Morgan fingerprint density at radius 1 is 1.53 bits per heavy atom. The fourth-order valence-electron chi connectivity index (χ4n) is 1.54. The van der Waals surface area contributed by atoms with Crippen LogP contribution in [0.4, 0.5) is 10.1 Å². The van der Waals surface area contributed by atoms with Crippen LogP contribution in [0.25, 0.3) is 0 Å². The number of nitrogens with one attached hydrogen (secondary N) is 1. The molecule has 0 aliphatic rings. The number of halogens is 2. The molecule has 4 N–H and O–H groups in total. The molecule has 1 unspecified atom stereocenters. The van der Waals surface area contributed by atoms with E-state index in [0.717, 1.165) is 12.1 Å². The van der Waals surface area contributed by atoms with Crippen LogP contribution in [0, 0.1) is 5.82 Å². The predicted molar refractivity (Wildman–Crippen MR) is 74.6 cm³/mol. The Morgan fingerprint density at radius 3 is 2.74 bits per heavy atom. The van der Waals surface area contributed by atoms with Gasteiger partial charge in [-0.3, -0.25) is 0 Å². The van der Waals surface area contributed by atoms with E-state index >= 15 is 0 Å². The van der Waals surface area contributed by atoms with Crippen molar-refractivity contribution in [3.8, 4) is 0 Å². The van der Waals surface area contributed by atoms with Crippen molar-refractivity contribution in [1.29, 1.82) is 0 Å². The van der Waals surface area contributed by atoms with Gasteiger partial charge in [-0.2, -0.15) is 0 Å². The molecule has 5 nitrogen and oxygen atoms in total. The first-order valence-electron chi connectivity index (χ1n) is 5.65. The van der Waals surface area contributed by atoms with Crippen molar-refractivity contribution in [3.63, 3.8) is 0 Å². The van der Waals surface area contributed by atoms with Crippen molar-refractivity contribution in [1.82, 2.24) is 4.72 Å². The van der Waals surface area contributed by atoms with E-state index in [1.165, 1.54) is 0 Å². The maximum Gasteiger partial charge on any atom is 0.242 e. The number of hydrogen-bond acceptors (Lipinski definition) is 4. The van der Waals surface area contributed by atoms with Gasteiger partial charge in [-0.1, -0.05) is 0 Å². The molecule has 1 rings (SSSR count). The molecule has 0 saturated carbocycles. The fraction of sp³-hybridized carbons (Fsp3) is 0.455. The molecule has 1 aromatic rings. The van der Waals surface area contributed by atoms with Gasteiger partial charge in [0.2, 0.25) is 10.0 Å². The molecule has 0 radical (unpaired) electrons. The summed E-state index contributed by atoms with van der Waals surface area (Å²) < 4.78 is 40.0. The molecule has 0 saturated heterocycles. The van der Waals surface area contributed by atoms with Gasteiger partial charge in [0.1, 0.15) is 5.82 Å². The largest absolute Gasteiger partial charge is 0.396 e. The zero-order valence-electron chi connectivity index (χ0n) is 10.4. The van der Waals surface area contributed by atoms with Crippen molar-refractivity contribution >= 4 is 31.6 Å². The zero-order chi connectivity index (χ0) is 14.6. The highest BCUT2D eigenvalue weighted by Gasteiger charge is 2.21. The van der Waals surface area contributed by atoms with E-state index in [4.69, 9.17) is 10.8 Å². The van der Waals surface area contributed by atoms with Gasteiger partial charge < -0.3 is 10.8 Å². The Labute approximate surface area is 120 Å². The van der Waals surface area contributed by atoms with Crippen LogP contribution in [0.2, 0.25) is 0 Å². The lowest BCUT2D eigenvalue weighted by Crippen LogP contribution is -2.33. The molecule has 8 heteroatoms. The highest BCUT2D eigenvalue weighted by molar-refractivity contribution is 9.10. The van der Waals surface area contributed by atoms with Gasteiger partial charge in [-0.05, 0) is 47.8 Å². The monoisotopic (exact) mass is 354 g/mol. The van der Waals surface area contributed by atoms with E-state index < -0.39 is 15.8 Å². The van der Waals surface area contributed by atoms with Crippen LogP contribution in [0.3, 0.4) is 0 Å². The standard InChI is InChI=1S/C11H16BrFN2O3S/c1-7(3-2-4-16)15-19(17,18)11-6-10(14)9(13)5-8(11)12/h5-7,15-16H,2-4,14H2,1H3. The van der Waals surface area contributed by atoms with Gasteiger partial charge in [0.25, 0.3) is 0 Å². The lowest BCUT2D eigenvalue weighted by atomic mass is 10.2. The van der Waals surface area contributed by atoms with E-state index in [0.29, 0.717) is 12.8 Å². The molecule has 0 aromatic heterocycles. The molecule has 19 heavy (non-hydrogen) atoms. The van der Waals surface area contributed by atoms with E-state index in [1.54, 1.807) is 6.92 Å². The summed E-state index contributed by atoms with van der Waals surface area (Å²) in [6, 6.07) is 1.75. The number of aliphatic hydroxyl groups excluding tert-OH is 1. The van der Waals surface area contributed by atoms with Gasteiger partial charge in [-0.25, -0.2) is 17.5 Å². The first-order chi connectivity index (χ1) is 8.77. The molecule has 0 aliphatic heterocycles. The molecule has 1 aromatic carbocycles. The minimum atomic E-state index is -3.79. The number of nitrogens with two attached hydrogens (primary N) is 1. The molecule has 0 fully saturated rings. The number of benzene rings is 1. The van der Waals surface area contributed by atoms with Crippen molar-refractivity contribution in [2.75, 3.05) is 12.3 Å². The van der Waals surface area contributed by atoms with E-state index in [2.05, 4.69) is 20.7 Å². The second-order valence-electron chi connectivity index (χ2n) is 4.19. The van der Waals surface area contributed by atoms with Crippen molar-refractivity contribution in [2.45, 2.75) is 30.7 Å². The number of rotatable bonds is 6. The summed E-state index contributed by atoms with van der Waals surface area (Å²) in [6.07, 6.45) is 1.00. The van der Waals surface area contributed by atoms with E-state index in [1.807, 2.05) is 0 Å². The highest BCUT2D eigenvalue weighted by atomic mass is 79.9. The first-order valence-corrected chi connectivity index (χ1v) is 7.93. The summed E-state index contributed by atoms with van der Waals surface area (Å²) in [5, 5.41) is 8.70. The highest BCUT2D eigenvalue weighted by Crippen LogP contribution is 2.26. The van der Waals surface area contributed by atoms with Crippen LogP contribution in [0.5, 0.6) is 0 Å². The Hall–Kier alpha value is -0.700. The predicted octanol–water partition coefficient (Wildman–Crippen LogP) is 1.61. The number of hydrogen-bond donors (Lipinski definition) is 3. The molecule has 0 spiro atoms. The average Bonchev–Trinajstić information content (AvgIpc) is 2.30. The van der Waals surface area contributed by atoms with Crippen LogP contribution in [0.15, 0.2) is 21.5 Å². The van der Waals surface area contributed by atoms with Crippen LogP contribution < -0.4 is 10.5 Å². The Kier molecular flexibility index (Phi) is 5.72. The van der Waals surface area contributed by atoms with Gasteiger partial charge in [0.15, 0.2) is 0 Å². The molecular formula is C11H16BrFN2O3S.